The molecule has 0 aromatic rings. The zero-order chi connectivity index (χ0) is 12.3. The van der Waals surface area contributed by atoms with Gasteiger partial charge in [0.1, 0.15) is 0 Å². The number of rotatable bonds is 4. The second-order valence-electron chi connectivity index (χ2n) is 5.30. The minimum Gasteiger partial charge on any atom is -0.212 e. The summed E-state index contributed by atoms with van der Waals surface area (Å²) in [6.45, 7) is 1.41. The fourth-order valence-electron chi connectivity index (χ4n) is 2.99. The van der Waals surface area contributed by atoms with Crippen LogP contribution in [0.25, 0.3) is 0 Å². The van der Waals surface area contributed by atoms with Gasteiger partial charge in [-0.25, -0.2) is 12.7 Å². The predicted octanol–water partition coefficient (Wildman–Crippen LogP) is 2.60. The van der Waals surface area contributed by atoms with Crippen LogP contribution in [0.3, 0.4) is 0 Å². The molecule has 1 saturated carbocycles. The predicted molar refractivity (Wildman–Crippen MR) is 70.8 cm³/mol. The van der Waals surface area contributed by atoms with Crippen LogP contribution >= 0.6 is 11.6 Å². The molecular weight excluding hydrogens is 258 g/mol. The van der Waals surface area contributed by atoms with E-state index in [1.807, 2.05) is 0 Å². The maximum absolute atomic E-state index is 12.4. The average Bonchev–Trinajstić information content (AvgIpc) is 2.80. The van der Waals surface area contributed by atoms with Crippen LogP contribution in [0.5, 0.6) is 0 Å². The molecule has 1 atom stereocenters. The van der Waals surface area contributed by atoms with Crippen LogP contribution in [0.2, 0.25) is 0 Å². The molecule has 0 spiro atoms. The number of halogens is 1. The third kappa shape index (κ3) is 3.15. The first kappa shape index (κ1) is 13.6. The first-order valence-electron chi connectivity index (χ1n) is 6.69. The monoisotopic (exact) mass is 279 g/mol. The van der Waals surface area contributed by atoms with Gasteiger partial charge in [-0.15, -0.1) is 11.6 Å². The summed E-state index contributed by atoms with van der Waals surface area (Å²) < 4.78 is 26.6. The largest absolute Gasteiger partial charge is 0.216 e. The van der Waals surface area contributed by atoms with E-state index < -0.39 is 10.0 Å². The molecule has 5 heteroatoms. The van der Waals surface area contributed by atoms with E-state index in [4.69, 9.17) is 11.6 Å². The Balaban J connectivity index is 1.96. The first-order chi connectivity index (χ1) is 8.14. The summed E-state index contributed by atoms with van der Waals surface area (Å²) in [5.41, 5.74) is 0. The molecule has 17 heavy (non-hydrogen) atoms. The molecule has 2 rings (SSSR count). The number of nitrogens with zero attached hydrogens (tertiary/aromatic N) is 1. The third-order valence-corrected chi connectivity index (χ3v) is 6.68. The van der Waals surface area contributed by atoms with Crippen molar-refractivity contribution in [1.29, 1.82) is 0 Å². The highest BCUT2D eigenvalue weighted by atomic mass is 35.5. The molecular formula is C12H22ClNO2S. The van der Waals surface area contributed by atoms with Gasteiger partial charge >= 0.3 is 0 Å². The summed E-state index contributed by atoms with van der Waals surface area (Å²) in [4.78, 5) is 0. The highest BCUT2D eigenvalue weighted by Crippen LogP contribution is 2.30. The lowest BCUT2D eigenvalue weighted by Gasteiger charge is -2.27. The molecule has 1 aliphatic heterocycles. The van der Waals surface area contributed by atoms with E-state index in [0.717, 1.165) is 38.5 Å². The fourth-order valence-corrected chi connectivity index (χ4v) is 5.43. The summed E-state index contributed by atoms with van der Waals surface area (Å²) in [6, 6.07) is 0. The Bertz CT molecular complexity index is 338. The van der Waals surface area contributed by atoms with Crippen molar-refractivity contribution >= 4 is 21.6 Å². The average molecular weight is 280 g/mol. The Morgan fingerprint density at radius 2 is 1.82 bits per heavy atom. The molecule has 0 aromatic heterocycles. The van der Waals surface area contributed by atoms with Crippen LogP contribution in [0.1, 0.15) is 44.9 Å². The van der Waals surface area contributed by atoms with E-state index in [1.54, 1.807) is 4.31 Å². The van der Waals surface area contributed by atoms with Crippen LogP contribution in [-0.2, 0) is 10.0 Å². The van der Waals surface area contributed by atoms with Gasteiger partial charge in [-0.1, -0.05) is 19.3 Å². The minimum atomic E-state index is -3.02. The van der Waals surface area contributed by atoms with Crippen molar-refractivity contribution in [2.75, 3.05) is 19.0 Å². The summed E-state index contributed by atoms with van der Waals surface area (Å²) in [5.74, 6) is 1.12. The zero-order valence-electron chi connectivity index (χ0n) is 10.3. The molecule has 0 aromatic carbocycles. The summed E-state index contributed by atoms with van der Waals surface area (Å²) in [5, 5.41) is -0.106. The number of sulfonamides is 1. The molecule has 100 valence electrons. The van der Waals surface area contributed by atoms with Crippen molar-refractivity contribution < 1.29 is 8.42 Å². The standard InChI is InChI=1S/C12H22ClNO2S/c13-8-6-11-7-9-14(10-11)17(15,16)12-4-2-1-3-5-12/h11-12H,1-10H2. The first-order valence-corrected chi connectivity index (χ1v) is 8.73. The molecule has 0 N–H and O–H groups in total. The lowest BCUT2D eigenvalue weighted by molar-refractivity contribution is 0.417. The highest BCUT2D eigenvalue weighted by Gasteiger charge is 2.36. The van der Waals surface area contributed by atoms with Gasteiger partial charge in [0, 0.05) is 19.0 Å². The van der Waals surface area contributed by atoms with Crippen molar-refractivity contribution in [1.82, 2.24) is 4.31 Å². The number of hydrogen-bond donors (Lipinski definition) is 0. The van der Waals surface area contributed by atoms with E-state index in [-0.39, 0.29) is 5.25 Å². The summed E-state index contributed by atoms with van der Waals surface area (Å²) in [6.07, 6.45) is 6.99. The lowest BCUT2D eigenvalue weighted by Crippen LogP contribution is -2.38. The van der Waals surface area contributed by atoms with Crippen molar-refractivity contribution in [3.05, 3.63) is 0 Å². The molecule has 1 unspecified atom stereocenters. The van der Waals surface area contributed by atoms with E-state index in [1.165, 1.54) is 6.42 Å². The van der Waals surface area contributed by atoms with E-state index >= 15 is 0 Å². The Morgan fingerprint density at radius 3 is 2.47 bits per heavy atom. The van der Waals surface area contributed by atoms with Gasteiger partial charge in [-0.3, -0.25) is 0 Å². The van der Waals surface area contributed by atoms with Crippen LogP contribution in [0, 0.1) is 5.92 Å². The third-order valence-electron chi connectivity index (χ3n) is 4.10. The summed E-state index contributed by atoms with van der Waals surface area (Å²) in [7, 11) is -3.02. The Morgan fingerprint density at radius 1 is 1.12 bits per heavy atom. The molecule has 0 amide bonds. The molecule has 2 fully saturated rings. The van der Waals surface area contributed by atoms with Crippen LogP contribution in [-0.4, -0.2) is 36.9 Å². The summed E-state index contributed by atoms with van der Waals surface area (Å²) >= 11 is 5.72. The fraction of sp³-hybridized carbons (Fsp3) is 1.00. The van der Waals surface area contributed by atoms with Gasteiger partial charge in [0.25, 0.3) is 0 Å². The van der Waals surface area contributed by atoms with E-state index in [9.17, 15) is 8.42 Å². The number of alkyl halides is 1. The van der Waals surface area contributed by atoms with Gasteiger partial charge in [0.15, 0.2) is 0 Å². The zero-order valence-corrected chi connectivity index (χ0v) is 11.8. The molecule has 3 nitrogen and oxygen atoms in total. The molecule has 0 radical (unpaired) electrons. The van der Waals surface area contributed by atoms with Gasteiger partial charge in [-0.2, -0.15) is 0 Å². The molecule has 2 aliphatic rings. The van der Waals surface area contributed by atoms with Crippen LogP contribution in [0.15, 0.2) is 0 Å². The maximum Gasteiger partial charge on any atom is 0.216 e. The minimum absolute atomic E-state index is 0.106. The Kier molecular flexibility index (Phi) is 4.72. The van der Waals surface area contributed by atoms with Gasteiger partial charge in [0.05, 0.1) is 5.25 Å². The van der Waals surface area contributed by atoms with Gasteiger partial charge in [-0.05, 0) is 31.6 Å². The molecule has 1 heterocycles. The normalized spacial score (nSPS) is 28.6. The van der Waals surface area contributed by atoms with Crippen LogP contribution in [0.4, 0.5) is 0 Å². The van der Waals surface area contributed by atoms with Crippen molar-refractivity contribution in [2.24, 2.45) is 5.92 Å². The lowest BCUT2D eigenvalue weighted by atomic mass is 10.0. The Labute approximate surface area is 110 Å². The van der Waals surface area contributed by atoms with Crippen LogP contribution < -0.4 is 0 Å². The van der Waals surface area contributed by atoms with Gasteiger partial charge < -0.3 is 0 Å². The van der Waals surface area contributed by atoms with Crippen molar-refractivity contribution in [3.8, 4) is 0 Å². The topological polar surface area (TPSA) is 37.4 Å². The maximum atomic E-state index is 12.4. The molecule has 0 bridgehead atoms. The molecule has 1 aliphatic carbocycles. The van der Waals surface area contributed by atoms with E-state index in [0.29, 0.717) is 24.9 Å². The molecule has 1 saturated heterocycles. The quantitative estimate of drug-likeness (QED) is 0.742. The second-order valence-corrected chi connectivity index (χ2v) is 7.89. The van der Waals surface area contributed by atoms with Crippen molar-refractivity contribution in [2.45, 2.75) is 50.2 Å². The second kappa shape index (κ2) is 5.89. The SMILES string of the molecule is O=S(=O)(C1CCCCC1)N1CCC(CCCl)C1. The number of hydrogen-bond acceptors (Lipinski definition) is 2. The Hall–Kier alpha value is 0.200. The smallest absolute Gasteiger partial charge is 0.212 e. The van der Waals surface area contributed by atoms with Gasteiger partial charge in [0.2, 0.25) is 10.0 Å². The van der Waals surface area contributed by atoms with Crippen molar-refractivity contribution in [3.63, 3.8) is 0 Å². The highest BCUT2D eigenvalue weighted by molar-refractivity contribution is 7.89. The van der Waals surface area contributed by atoms with E-state index in [2.05, 4.69) is 0 Å².